The Morgan fingerprint density at radius 2 is 1.96 bits per heavy atom. The molecule has 3 atom stereocenters. The number of rotatable bonds is 5. The summed E-state index contributed by atoms with van der Waals surface area (Å²) in [7, 11) is 0. The van der Waals surface area contributed by atoms with E-state index < -0.39 is 18.2 Å². The van der Waals surface area contributed by atoms with Gasteiger partial charge < -0.3 is 14.6 Å². The molecule has 1 N–H and O–H groups in total. The van der Waals surface area contributed by atoms with Crippen LogP contribution in [0.2, 0.25) is 0 Å². The number of benzene rings is 1. The molecule has 1 aromatic carbocycles. The first-order chi connectivity index (χ1) is 12.0. The zero-order valence-electron chi connectivity index (χ0n) is 14.9. The fourth-order valence-electron chi connectivity index (χ4n) is 2.87. The fraction of sp³-hybridized carbons (Fsp3) is 0.444. The maximum absolute atomic E-state index is 12.7. The normalized spacial score (nSPS) is 22.2. The second-order valence-electron chi connectivity index (χ2n) is 6.39. The molecule has 0 amide bonds. The van der Waals surface area contributed by atoms with Crippen molar-refractivity contribution in [2.24, 2.45) is 5.92 Å². The largest absolute Gasteiger partial charge is 0.368 e. The summed E-state index contributed by atoms with van der Waals surface area (Å²) in [6.45, 7) is 3.65. The van der Waals surface area contributed by atoms with Crippen molar-refractivity contribution in [3.63, 3.8) is 0 Å². The van der Waals surface area contributed by atoms with E-state index in [1.165, 1.54) is 10.8 Å². The SMILES string of the molecule is Cc1cn(C2C[C@H](C)C(O)O2)c(=O)n(COCc2ccccc2)c1=O.[Ac]. The van der Waals surface area contributed by atoms with Gasteiger partial charge in [0.25, 0.3) is 5.56 Å². The van der Waals surface area contributed by atoms with Crippen LogP contribution in [0.5, 0.6) is 0 Å². The molecule has 26 heavy (non-hydrogen) atoms. The minimum absolute atomic E-state index is 0. The minimum Gasteiger partial charge on any atom is -0.368 e. The molecule has 3 rings (SSSR count). The number of hydrogen-bond donors (Lipinski definition) is 1. The molecule has 0 spiro atoms. The van der Waals surface area contributed by atoms with E-state index in [4.69, 9.17) is 9.47 Å². The van der Waals surface area contributed by atoms with Crippen LogP contribution in [0, 0.1) is 56.9 Å². The summed E-state index contributed by atoms with van der Waals surface area (Å²) < 4.78 is 13.4. The first-order valence-corrected chi connectivity index (χ1v) is 8.25. The molecule has 2 aromatic rings. The van der Waals surface area contributed by atoms with Crippen molar-refractivity contribution >= 4 is 0 Å². The molecule has 1 aliphatic heterocycles. The second-order valence-corrected chi connectivity index (χ2v) is 6.39. The summed E-state index contributed by atoms with van der Waals surface area (Å²) in [6.07, 6.45) is 0.487. The average Bonchev–Trinajstić information content (AvgIpc) is 2.94. The van der Waals surface area contributed by atoms with Gasteiger partial charge in [-0.15, -0.1) is 0 Å². The molecular weight excluding hydrogens is 551 g/mol. The maximum atomic E-state index is 12.7. The number of hydrogen-bond acceptors (Lipinski definition) is 5. The summed E-state index contributed by atoms with van der Waals surface area (Å²) in [5, 5.41) is 9.75. The number of aryl methyl sites for hydroxylation is 1. The number of aromatic nitrogens is 2. The minimum atomic E-state index is -0.910. The molecule has 1 aliphatic rings. The van der Waals surface area contributed by atoms with Crippen LogP contribution in [0.15, 0.2) is 46.1 Å². The zero-order chi connectivity index (χ0) is 18.0. The molecule has 0 bridgehead atoms. The van der Waals surface area contributed by atoms with E-state index in [9.17, 15) is 14.7 Å². The van der Waals surface area contributed by atoms with Crippen molar-refractivity contribution in [1.82, 2.24) is 9.13 Å². The van der Waals surface area contributed by atoms with Gasteiger partial charge in [0.1, 0.15) is 13.0 Å². The molecule has 0 aliphatic carbocycles. The van der Waals surface area contributed by atoms with E-state index >= 15 is 0 Å². The van der Waals surface area contributed by atoms with Crippen molar-refractivity contribution < 1.29 is 58.6 Å². The van der Waals surface area contributed by atoms with Gasteiger partial charge >= 0.3 is 5.69 Å². The molecule has 1 fully saturated rings. The van der Waals surface area contributed by atoms with Gasteiger partial charge in [-0.2, -0.15) is 0 Å². The predicted octanol–water partition coefficient (Wildman–Crippen LogP) is 1.37. The molecule has 7 nitrogen and oxygen atoms in total. The van der Waals surface area contributed by atoms with Gasteiger partial charge in [-0.05, 0) is 12.5 Å². The Morgan fingerprint density at radius 1 is 1.27 bits per heavy atom. The van der Waals surface area contributed by atoms with Gasteiger partial charge in [0.05, 0.1) is 6.61 Å². The van der Waals surface area contributed by atoms with Gasteiger partial charge in [-0.1, -0.05) is 37.3 Å². The Labute approximate surface area is 187 Å². The van der Waals surface area contributed by atoms with Gasteiger partial charge in [-0.3, -0.25) is 9.36 Å². The Hall–Kier alpha value is -0.778. The average molecular weight is 573 g/mol. The molecule has 137 valence electrons. The molecule has 0 saturated carbocycles. The van der Waals surface area contributed by atoms with Gasteiger partial charge in [0.15, 0.2) is 6.29 Å². The predicted molar refractivity (Wildman–Crippen MR) is 90.8 cm³/mol. The molecule has 8 heteroatoms. The van der Waals surface area contributed by atoms with E-state index in [1.807, 2.05) is 37.3 Å². The standard InChI is InChI=1S/C18H22N2O5.Ac/c1-12-8-15(25-17(12)22)19-9-13(2)16(21)20(18(19)23)11-24-10-14-6-4-3-5-7-14;/h3-7,9,12,15,17,22H,8,10-11H2,1-2H3;/t12-,15?,17?;/m0./s1. The summed E-state index contributed by atoms with van der Waals surface area (Å²) in [6, 6.07) is 9.52. The van der Waals surface area contributed by atoms with Crippen LogP contribution in [-0.4, -0.2) is 20.5 Å². The van der Waals surface area contributed by atoms with Crippen molar-refractivity contribution in [3.8, 4) is 0 Å². The monoisotopic (exact) mass is 573 g/mol. The first kappa shape index (κ1) is 21.5. The van der Waals surface area contributed by atoms with Crippen LogP contribution in [0.1, 0.15) is 30.7 Å². The molecule has 1 radical (unpaired) electrons. The Kier molecular flexibility index (Phi) is 7.80. The fourth-order valence-corrected chi connectivity index (χ4v) is 2.87. The maximum Gasteiger partial charge on any atom is 0.335 e. The molecule has 1 saturated heterocycles. The number of ether oxygens (including phenoxy) is 2. The van der Waals surface area contributed by atoms with Crippen molar-refractivity contribution in [3.05, 3.63) is 68.5 Å². The Bertz CT molecular complexity index is 839. The van der Waals surface area contributed by atoms with Crippen molar-refractivity contribution in [2.75, 3.05) is 0 Å². The zero-order valence-corrected chi connectivity index (χ0v) is 19.6. The van der Waals surface area contributed by atoms with Gasteiger partial charge in [0.2, 0.25) is 0 Å². The molecular formula is C18H22AcN2O5. The summed E-state index contributed by atoms with van der Waals surface area (Å²) in [5.41, 5.74) is 0.482. The topological polar surface area (TPSA) is 82.7 Å². The van der Waals surface area contributed by atoms with Crippen LogP contribution in [0.25, 0.3) is 0 Å². The third-order valence-electron chi connectivity index (χ3n) is 4.37. The third-order valence-corrected chi connectivity index (χ3v) is 4.37. The summed E-state index contributed by atoms with van der Waals surface area (Å²) in [5.74, 6) is -0.0769. The second kappa shape index (κ2) is 9.43. The first-order valence-electron chi connectivity index (χ1n) is 8.25. The van der Waals surface area contributed by atoms with Crippen LogP contribution in [0.4, 0.5) is 0 Å². The van der Waals surface area contributed by atoms with Gasteiger partial charge in [0, 0.05) is 68.2 Å². The third kappa shape index (κ3) is 4.73. The van der Waals surface area contributed by atoms with E-state index in [0.29, 0.717) is 18.6 Å². The molecule has 2 unspecified atom stereocenters. The number of aliphatic hydroxyl groups excluding tert-OH is 1. The Morgan fingerprint density at radius 3 is 2.58 bits per heavy atom. The van der Waals surface area contributed by atoms with Crippen LogP contribution in [0.3, 0.4) is 0 Å². The smallest absolute Gasteiger partial charge is 0.335 e. The molecule has 2 heterocycles. The van der Waals surface area contributed by atoms with Crippen LogP contribution >= 0.6 is 0 Å². The van der Waals surface area contributed by atoms with Gasteiger partial charge in [-0.25, -0.2) is 9.36 Å². The van der Waals surface area contributed by atoms with E-state index in [0.717, 1.165) is 10.1 Å². The quantitative estimate of drug-likeness (QED) is 0.585. The summed E-state index contributed by atoms with van der Waals surface area (Å²) in [4.78, 5) is 25.0. The number of aliphatic hydroxyl groups is 1. The summed E-state index contributed by atoms with van der Waals surface area (Å²) >= 11 is 0. The molecule has 1 aromatic heterocycles. The van der Waals surface area contributed by atoms with E-state index in [-0.39, 0.29) is 62.3 Å². The van der Waals surface area contributed by atoms with Crippen molar-refractivity contribution in [1.29, 1.82) is 0 Å². The Balaban J connectivity index is 0.00000243. The van der Waals surface area contributed by atoms with E-state index in [1.54, 1.807) is 6.92 Å². The van der Waals surface area contributed by atoms with E-state index in [2.05, 4.69) is 0 Å². The van der Waals surface area contributed by atoms with Crippen LogP contribution < -0.4 is 11.2 Å². The van der Waals surface area contributed by atoms with Crippen molar-refractivity contribution in [2.45, 2.75) is 46.1 Å². The van der Waals surface area contributed by atoms with Crippen LogP contribution in [-0.2, 0) is 22.8 Å². The number of nitrogens with zero attached hydrogens (tertiary/aromatic N) is 2.